The molecular formula is C12H18BrN. The highest BCUT2D eigenvalue weighted by Crippen LogP contribution is 2.04. The van der Waals surface area contributed by atoms with E-state index in [1.54, 1.807) is 0 Å². The van der Waals surface area contributed by atoms with Gasteiger partial charge in [-0.05, 0) is 12.5 Å². The monoisotopic (exact) mass is 255 g/mol. The second-order valence-corrected chi connectivity index (χ2v) is 3.38. The maximum atomic E-state index is 3.80. The van der Waals surface area contributed by atoms with E-state index < -0.39 is 0 Å². The van der Waals surface area contributed by atoms with Gasteiger partial charge >= 0.3 is 0 Å². The molecule has 78 valence electrons. The highest BCUT2D eigenvalue weighted by Gasteiger charge is 2.02. The maximum absolute atomic E-state index is 3.80. The molecule has 0 saturated carbocycles. The summed E-state index contributed by atoms with van der Waals surface area (Å²) in [6.07, 6.45) is 8.70. The Morgan fingerprint density at radius 2 is 2.21 bits per heavy atom. The van der Waals surface area contributed by atoms with Crippen molar-refractivity contribution in [3.63, 3.8) is 0 Å². The van der Waals surface area contributed by atoms with Crippen LogP contribution in [0, 0.1) is 6.92 Å². The van der Waals surface area contributed by atoms with Crippen LogP contribution < -0.4 is 21.5 Å². The van der Waals surface area contributed by atoms with Crippen molar-refractivity contribution < 1.29 is 21.5 Å². The number of aryl methyl sites for hydroxylation is 2. The summed E-state index contributed by atoms with van der Waals surface area (Å²) < 4.78 is 2.23. The van der Waals surface area contributed by atoms with Crippen molar-refractivity contribution in [2.45, 2.75) is 33.2 Å². The first kappa shape index (κ1) is 13.4. The standard InChI is InChI=1S/C12H18N.BrH/c1-4-6-8-13-9-7-11(3)12(5-2)10-13;/h5,7,9-10H,2,4,6,8H2,1,3H3;1H/q+1;/p-1. The number of unbranched alkanes of at least 4 members (excludes halogenated alkanes) is 1. The van der Waals surface area contributed by atoms with Crippen LogP contribution in [0.25, 0.3) is 6.08 Å². The van der Waals surface area contributed by atoms with E-state index in [0.717, 1.165) is 6.54 Å². The van der Waals surface area contributed by atoms with Crippen LogP contribution in [0.3, 0.4) is 0 Å². The summed E-state index contributed by atoms with van der Waals surface area (Å²) in [4.78, 5) is 0. The first-order chi connectivity index (χ1) is 6.27. The Balaban J connectivity index is 0.00000169. The minimum atomic E-state index is 0. The zero-order valence-corrected chi connectivity index (χ0v) is 10.5. The van der Waals surface area contributed by atoms with Gasteiger partial charge in [-0.1, -0.05) is 26.0 Å². The van der Waals surface area contributed by atoms with Gasteiger partial charge in [0.15, 0.2) is 12.4 Å². The van der Waals surface area contributed by atoms with Crippen LogP contribution >= 0.6 is 0 Å². The van der Waals surface area contributed by atoms with E-state index in [9.17, 15) is 0 Å². The summed E-state index contributed by atoms with van der Waals surface area (Å²) >= 11 is 0. The normalized spacial score (nSPS) is 9.29. The molecule has 0 aromatic carbocycles. The predicted molar refractivity (Wildman–Crippen MR) is 56.4 cm³/mol. The van der Waals surface area contributed by atoms with Crippen molar-refractivity contribution in [3.8, 4) is 0 Å². The Bertz CT molecular complexity index is 294. The molecule has 0 amide bonds. The number of hydrogen-bond donors (Lipinski definition) is 0. The van der Waals surface area contributed by atoms with Gasteiger partial charge in [-0.25, -0.2) is 4.57 Å². The van der Waals surface area contributed by atoms with E-state index in [4.69, 9.17) is 0 Å². The van der Waals surface area contributed by atoms with Crippen LogP contribution in [0.4, 0.5) is 0 Å². The maximum Gasteiger partial charge on any atom is 0.176 e. The molecule has 0 atom stereocenters. The zero-order valence-electron chi connectivity index (χ0n) is 8.96. The van der Waals surface area contributed by atoms with Crippen LogP contribution in [0.2, 0.25) is 0 Å². The van der Waals surface area contributed by atoms with E-state index in [2.05, 4.69) is 43.5 Å². The summed E-state index contributed by atoms with van der Waals surface area (Å²) in [6.45, 7) is 9.23. The van der Waals surface area contributed by atoms with E-state index >= 15 is 0 Å². The number of rotatable bonds is 4. The van der Waals surface area contributed by atoms with E-state index in [-0.39, 0.29) is 17.0 Å². The number of hydrogen-bond acceptors (Lipinski definition) is 0. The van der Waals surface area contributed by atoms with Crippen molar-refractivity contribution in [1.29, 1.82) is 0 Å². The fourth-order valence-corrected chi connectivity index (χ4v) is 1.32. The molecule has 1 aromatic heterocycles. The minimum absolute atomic E-state index is 0. The van der Waals surface area contributed by atoms with Gasteiger partial charge < -0.3 is 17.0 Å². The van der Waals surface area contributed by atoms with Gasteiger partial charge in [0.05, 0.1) is 0 Å². The second kappa shape index (κ2) is 6.77. The zero-order chi connectivity index (χ0) is 9.68. The number of halogens is 1. The Hall–Kier alpha value is -0.630. The highest BCUT2D eigenvalue weighted by molar-refractivity contribution is 5.48. The summed E-state index contributed by atoms with van der Waals surface area (Å²) in [5.41, 5.74) is 2.53. The average molecular weight is 256 g/mol. The van der Waals surface area contributed by atoms with Crippen molar-refractivity contribution in [1.82, 2.24) is 0 Å². The fraction of sp³-hybridized carbons (Fsp3) is 0.417. The van der Waals surface area contributed by atoms with E-state index in [1.165, 1.54) is 24.0 Å². The molecule has 0 aliphatic rings. The molecule has 0 aliphatic carbocycles. The van der Waals surface area contributed by atoms with Gasteiger partial charge in [-0.3, -0.25) is 0 Å². The van der Waals surface area contributed by atoms with Crippen LogP contribution in [-0.4, -0.2) is 0 Å². The molecule has 0 radical (unpaired) electrons. The molecule has 0 fully saturated rings. The first-order valence-electron chi connectivity index (χ1n) is 4.90. The van der Waals surface area contributed by atoms with Gasteiger partial charge in [-0.2, -0.15) is 0 Å². The lowest BCUT2D eigenvalue weighted by Crippen LogP contribution is -3.00. The molecule has 0 saturated heterocycles. The van der Waals surface area contributed by atoms with Crippen molar-refractivity contribution in [2.24, 2.45) is 0 Å². The number of pyridine rings is 1. The highest BCUT2D eigenvalue weighted by atomic mass is 79.9. The molecule has 0 bridgehead atoms. The number of aromatic nitrogens is 1. The third kappa shape index (κ3) is 3.62. The molecule has 14 heavy (non-hydrogen) atoms. The molecule has 1 aromatic rings. The van der Waals surface area contributed by atoms with Gasteiger partial charge in [0, 0.05) is 18.1 Å². The van der Waals surface area contributed by atoms with Crippen molar-refractivity contribution >= 4 is 6.08 Å². The lowest BCUT2D eigenvalue weighted by molar-refractivity contribution is -0.697. The minimum Gasteiger partial charge on any atom is -1.00 e. The van der Waals surface area contributed by atoms with Gasteiger partial charge in [0.1, 0.15) is 6.54 Å². The topological polar surface area (TPSA) is 3.88 Å². The molecule has 0 N–H and O–H groups in total. The lowest BCUT2D eigenvalue weighted by Gasteiger charge is -1.99. The van der Waals surface area contributed by atoms with Crippen LogP contribution in [0.1, 0.15) is 30.9 Å². The van der Waals surface area contributed by atoms with E-state index in [1.807, 2.05) is 6.08 Å². The Morgan fingerprint density at radius 3 is 2.79 bits per heavy atom. The second-order valence-electron chi connectivity index (χ2n) is 3.38. The molecule has 0 aliphatic heterocycles. The third-order valence-corrected chi connectivity index (χ3v) is 2.27. The Kier molecular flexibility index (Phi) is 6.46. The van der Waals surface area contributed by atoms with Gasteiger partial charge in [0.2, 0.25) is 0 Å². The van der Waals surface area contributed by atoms with Gasteiger partial charge in [-0.15, -0.1) is 0 Å². The largest absolute Gasteiger partial charge is 1.00 e. The predicted octanol–water partition coefficient (Wildman–Crippen LogP) is -0.270. The average Bonchev–Trinajstić information content (AvgIpc) is 2.16. The fourth-order valence-electron chi connectivity index (χ4n) is 1.32. The quantitative estimate of drug-likeness (QED) is 0.653. The summed E-state index contributed by atoms with van der Waals surface area (Å²) in [6, 6.07) is 2.15. The van der Waals surface area contributed by atoms with Crippen molar-refractivity contribution in [2.75, 3.05) is 0 Å². The van der Waals surface area contributed by atoms with Crippen molar-refractivity contribution in [3.05, 3.63) is 36.2 Å². The Labute approximate surface area is 97.2 Å². The Morgan fingerprint density at radius 1 is 1.50 bits per heavy atom. The summed E-state index contributed by atoms with van der Waals surface area (Å²) in [7, 11) is 0. The summed E-state index contributed by atoms with van der Waals surface area (Å²) in [5, 5.41) is 0. The smallest absolute Gasteiger partial charge is 0.176 e. The molecule has 1 rings (SSSR count). The van der Waals surface area contributed by atoms with Gasteiger partial charge in [0.25, 0.3) is 0 Å². The summed E-state index contributed by atoms with van der Waals surface area (Å²) in [5.74, 6) is 0. The van der Waals surface area contributed by atoms with E-state index in [0.29, 0.717) is 0 Å². The molecule has 1 nitrogen and oxygen atoms in total. The molecule has 1 heterocycles. The first-order valence-corrected chi connectivity index (χ1v) is 4.90. The van der Waals surface area contributed by atoms with Crippen LogP contribution in [0.5, 0.6) is 0 Å². The van der Waals surface area contributed by atoms with Crippen LogP contribution in [0.15, 0.2) is 25.0 Å². The third-order valence-electron chi connectivity index (χ3n) is 2.27. The molecule has 0 spiro atoms. The van der Waals surface area contributed by atoms with Crippen LogP contribution in [-0.2, 0) is 6.54 Å². The SMILES string of the molecule is C=Cc1c[n+](CCCC)ccc1C.[Br-]. The lowest BCUT2D eigenvalue weighted by atomic mass is 10.1. The molecule has 2 heteroatoms. The molecule has 0 unspecified atom stereocenters. The number of nitrogens with zero attached hydrogens (tertiary/aromatic N) is 1. The molecular weight excluding hydrogens is 238 g/mol.